The molecule has 106 valence electrons. The predicted octanol–water partition coefficient (Wildman–Crippen LogP) is 1.73. The number of aliphatic carboxylic acids is 1. The van der Waals surface area contributed by atoms with Crippen molar-refractivity contribution in [3.63, 3.8) is 0 Å². The highest BCUT2D eigenvalue weighted by Gasteiger charge is 2.33. The fourth-order valence-corrected chi connectivity index (χ4v) is 2.09. The maximum atomic E-state index is 12.0. The lowest BCUT2D eigenvalue weighted by atomic mass is 10.1. The summed E-state index contributed by atoms with van der Waals surface area (Å²) in [5.74, 6) is -1.36. The van der Waals surface area contributed by atoms with Gasteiger partial charge in [-0.1, -0.05) is 30.3 Å². The van der Waals surface area contributed by atoms with Crippen LogP contribution in [0.2, 0.25) is 0 Å². The van der Waals surface area contributed by atoms with Crippen molar-refractivity contribution in [2.24, 2.45) is 0 Å². The van der Waals surface area contributed by atoms with Crippen LogP contribution in [0.3, 0.4) is 0 Å². The lowest BCUT2D eigenvalue weighted by Gasteiger charge is -2.19. The van der Waals surface area contributed by atoms with Crippen molar-refractivity contribution >= 4 is 17.7 Å². The van der Waals surface area contributed by atoms with E-state index in [1.165, 1.54) is 4.90 Å². The molecule has 1 aliphatic rings. The Bertz CT molecular complexity index is 508. The summed E-state index contributed by atoms with van der Waals surface area (Å²) >= 11 is 0. The third-order valence-corrected chi connectivity index (χ3v) is 3.28. The minimum Gasteiger partial charge on any atom is -0.480 e. The number of carbonyl (C=O) groups is 3. The van der Waals surface area contributed by atoms with E-state index in [0.717, 1.165) is 12.8 Å². The van der Waals surface area contributed by atoms with E-state index in [1.807, 2.05) is 6.07 Å². The molecule has 1 N–H and O–H groups in total. The van der Waals surface area contributed by atoms with Gasteiger partial charge in [0.15, 0.2) is 5.78 Å². The first-order valence-corrected chi connectivity index (χ1v) is 6.67. The SMILES string of the molecule is O=C(O)CN(C(=O)CCC(=O)c1ccccc1)C1CC1. The van der Waals surface area contributed by atoms with E-state index >= 15 is 0 Å². The summed E-state index contributed by atoms with van der Waals surface area (Å²) < 4.78 is 0. The molecule has 0 radical (unpaired) electrons. The average molecular weight is 275 g/mol. The number of amides is 1. The van der Waals surface area contributed by atoms with E-state index in [9.17, 15) is 14.4 Å². The van der Waals surface area contributed by atoms with Gasteiger partial charge in [-0.25, -0.2) is 0 Å². The molecule has 1 fully saturated rings. The maximum absolute atomic E-state index is 12.0. The van der Waals surface area contributed by atoms with Crippen LogP contribution < -0.4 is 0 Å². The van der Waals surface area contributed by atoms with E-state index in [-0.39, 0.29) is 37.1 Å². The van der Waals surface area contributed by atoms with Gasteiger partial charge in [0.1, 0.15) is 6.54 Å². The van der Waals surface area contributed by atoms with Crippen LogP contribution in [0.1, 0.15) is 36.0 Å². The summed E-state index contributed by atoms with van der Waals surface area (Å²) in [6.07, 6.45) is 1.89. The van der Waals surface area contributed by atoms with Gasteiger partial charge in [-0.15, -0.1) is 0 Å². The molecule has 0 heterocycles. The number of benzene rings is 1. The Morgan fingerprint density at radius 3 is 2.30 bits per heavy atom. The molecule has 20 heavy (non-hydrogen) atoms. The van der Waals surface area contributed by atoms with Gasteiger partial charge in [-0.3, -0.25) is 14.4 Å². The summed E-state index contributed by atoms with van der Waals surface area (Å²) in [5, 5.41) is 8.80. The summed E-state index contributed by atoms with van der Waals surface area (Å²) in [4.78, 5) is 36.0. The fourth-order valence-electron chi connectivity index (χ4n) is 2.09. The van der Waals surface area contributed by atoms with Gasteiger partial charge in [-0.2, -0.15) is 0 Å². The van der Waals surface area contributed by atoms with E-state index in [1.54, 1.807) is 24.3 Å². The van der Waals surface area contributed by atoms with Crippen molar-refractivity contribution in [2.45, 2.75) is 31.7 Å². The first-order valence-electron chi connectivity index (χ1n) is 6.67. The number of hydrogen-bond acceptors (Lipinski definition) is 3. The molecule has 0 aromatic heterocycles. The fraction of sp³-hybridized carbons (Fsp3) is 0.400. The molecule has 0 bridgehead atoms. The second kappa shape index (κ2) is 6.32. The van der Waals surface area contributed by atoms with Gasteiger partial charge < -0.3 is 10.0 Å². The van der Waals surface area contributed by atoms with E-state index in [0.29, 0.717) is 5.56 Å². The Morgan fingerprint density at radius 1 is 1.10 bits per heavy atom. The zero-order chi connectivity index (χ0) is 14.5. The number of hydrogen-bond donors (Lipinski definition) is 1. The van der Waals surface area contributed by atoms with Gasteiger partial charge in [0.25, 0.3) is 0 Å². The highest BCUT2D eigenvalue weighted by Crippen LogP contribution is 2.27. The molecule has 5 heteroatoms. The number of carbonyl (C=O) groups excluding carboxylic acids is 2. The summed E-state index contributed by atoms with van der Waals surface area (Å²) in [6, 6.07) is 8.84. The number of ketones is 1. The predicted molar refractivity (Wildman–Crippen MR) is 72.4 cm³/mol. The lowest BCUT2D eigenvalue weighted by molar-refractivity contribution is -0.144. The standard InChI is InChI=1S/C15H17NO4/c17-13(11-4-2-1-3-5-11)8-9-14(18)16(10-15(19)20)12-6-7-12/h1-5,12H,6-10H2,(H,19,20). The van der Waals surface area contributed by atoms with Crippen molar-refractivity contribution in [3.05, 3.63) is 35.9 Å². The third-order valence-electron chi connectivity index (χ3n) is 3.28. The Kier molecular flexibility index (Phi) is 4.50. The maximum Gasteiger partial charge on any atom is 0.323 e. The normalized spacial score (nSPS) is 13.8. The Labute approximate surface area is 117 Å². The Balaban J connectivity index is 1.87. The summed E-state index contributed by atoms with van der Waals surface area (Å²) in [6.45, 7) is -0.275. The number of carboxylic acid groups (broad SMARTS) is 1. The highest BCUT2D eigenvalue weighted by atomic mass is 16.4. The molecule has 1 amide bonds. The average Bonchev–Trinajstić information content (AvgIpc) is 3.27. The molecule has 0 saturated heterocycles. The van der Waals surface area contributed by atoms with Crippen LogP contribution in [0.15, 0.2) is 30.3 Å². The zero-order valence-corrected chi connectivity index (χ0v) is 11.1. The van der Waals surface area contributed by atoms with Crippen LogP contribution in [0.5, 0.6) is 0 Å². The molecule has 1 saturated carbocycles. The molecule has 1 aliphatic carbocycles. The molecule has 0 atom stereocenters. The minimum absolute atomic E-state index is 0.0467. The van der Waals surface area contributed by atoms with Gasteiger partial charge in [0, 0.05) is 24.4 Å². The van der Waals surface area contributed by atoms with Crippen LogP contribution in [-0.2, 0) is 9.59 Å². The summed E-state index contributed by atoms with van der Waals surface area (Å²) in [7, 11) is 0. The largest absolute Gasteiger partial charge is 0.480 e. The molecule has 2 rings (SSSR count). The molecule has 1 aromatic carbocycles. The molecule has 0 unspecified atom stereocenters. The van der Waals surface area contributed by atoms with Gasteiger partial charge in [0.05, 0.1) is 0 Å². The number of carboxylic acids is 1. The molecule has 5 nitrogen and oxygen atoms in total. The first-order chi connectivity index (χ1) is 9.58. The second-order valence-electron chi connectivity index (χ2n) is 4.94. The zero-order valence-electron chi connectivity index (χ0n) is 11.1. The number of rotatable bonds is 7. The van der Waals surface area contributed by atoms with Crippen LogP contribution in [-0.4, -0.2) is 40.3 Å². The molecular formula is C15H17NO4. The molecule has 1 aromatic rings. The quantitative estimate of drug-likeness (QED) is 0.769. The molecule has 0 aliphatic heterocycles. The van der Waals surface area contributed by atoms with Crippen LogP contribution >= 0.6 is 0 Å². The highest BCUT2D eigenvalue weighted by molar-refractivity contribution is 5.98. The first kappa shape index (κ1) is 14.2. The van der Waals surface area contributed by atoms with Crippen LogP contribution in [0, 0.1) is 0 Å². The van der Waals surface area contributed by atoms with Gasteiger partial charge >= 0.3 is 5.97 Å². The third kappa shape index (κ3) is 3.91. The van der Waals surface area contributed by atoms with E-state index in [4.69, 9.17) is 5.11 Å². The lowest BCUT2D eigenvalue weighted by Crippen LogP contribution is -2.37. The van der Waals surface area contributed by atoms with Gasteiger partial charge in [0.2, 0.25) is 5.91 Å². The van der Waals surface area contributed by atoms with E-state index in [2.05, 4.69) is 0 Å². The van der Waals surface area contributed by atoms with E-state index < -0.39 is 5.97 Å². The molecule has 0 spiro atoms. The minimum atomic E-state index is -1.01. The topological polar surface area (TPSA) is 74.7 Å². The number of nitrogens with zero attached hydrogens (tertiary/aromatic N) is 1. The Hall–Kier alpha value is -2.17. The molecular weight excluding hydrogens is 258 g/mol. The van der Waals surface area contributed by atoms with Crippen molar-refractivity contribution in [1.29, 1.82) is 0 Å². The van der Waals surface area contributed by atoms with Crippen molar-refractivity contribution in [3.8, 4) is 0 Å². The number of Topliss-reactive ketones (excluding diaryl/α,β-unsaturated/α-hetero) is 1. The summed E-state index contributed by atoms with van der Waals surface area (Å²) in [5.41, 5.74) is 0.580. The van der Waals surface area contributed by atoms with Crippen LogP contribution in [0.25, 0.3) is 0 Å². The van der Waals surface area contributed by atoms with Crippen molar-refractivity contribution < 1.29 is 19.5 Å². The smallest absolute Gasteiger partial charge is 0.323 e. The monoisotopic (exact) mass is 275 g/mol. The second-order valence-corrected chi connectivity index (χ2v) is 4.94. The van der Waals surface area contributed by atoms with Crippen LogP contribution in [0.4, 0.5) is 0 Å². The van der Waals surface area contributed by atoms with Crippen molar-refractivity contribution in [1.82, 2.24) is 4.90 Å². The Morgan fingerprint density at radius 2 is 1.75 bits per heavy atom. The van der Waals surface area contributed by atoms with Gasteiger partial charge in [-0.05, 0) is 12.8 Å². The van der Waals surface area contributed by atoms with Crippen molar-refractivity contribution in [2.75, 3.05) is 6.54 Å².